The number of benzene rings is 1. The molecule has 0 radical (unpaired) electrons. The molecule has 0 aromatic heterocycles. The number of hydrogen-bond acceptors (Lipinski definition) is 4. The van der Waals surface area contributed by atoms with Crippen LogP contribution in [0.15, 0.2) is 29.8 Å². The van der Waals surface area contributed by atoms with Gasteiger partial charge in [-0.05, 0) is 25.5 Å². The van der Waals surface area contributed by atoms with Crippen molar-refractivity contribution in [1.82, 2.24) is 4.90 Å². The van der Waals surface area contributed by atoms with Gasteiger partial charge in [-0.25, -0.2) is 0 Å². The third kappa shape index (κ3) is 3.56. The topological polar surface area (TPSA) is 63.7 Å². The van der Waals surface area contributed by atoms with E-state index in [1.165, 1.54) is 0 Å². The van der Waals surface area contributed by atoms with Crippen LogP contribution in [0.4, 0.5) is 0 Å². The van der Waals surface area contributed by atoms with E-state index in [1.807, 2.05) is 31.2 Å². The SMILES string of the molecule is CCOC(=O)CN1C(=O)C/C(=C\c2ccc(C)cc2)C1=O. The Hall–Kier alpha value is -2.43. The number of hydrogen-bond donors (Lipinski definition) is 0. The first-order valence-electron chi connectivity index (χ1n) is 6.79. The van der Waals surface area contributed by atoms with Crippen molar-refractivity contribution in [2.75, 3.05) is 13.2 Å². The van der Waals surface area contributed by atoms with E-state index in [2.05, 4.69) is 0 Å². The van der Waals surface area contributed by atoms with Crippen LogP contribution in [0.1, 0.15) is 24.5 Å². The van der Waals surface area contributed by atoms with E-state index in [9.17, 15) is 14.4 Å². The minimum Gasteiger partial charge on any atom is -0.465 e. The Morgan fingerprint density at radius 3 is 2.57 bits per heavy atom. The number of rotatable bonds is 4. The maximum absolute atomic E-state index is 12.2. The van der Waals surface area contributed by atoms with E-state index in [4.69, 9.17) is 4.74 Å². The number of ether oxygens (including phenoxy) is 1. The number of carbonyl (C=O) groups excluding carboxylic acids is 3. The minimum atomic E-state index is -0.573. The van der Waals surface area contributed by atoms with Crippen molar-refractivity contribution < 1.29 is 19.1 Å². The van der Waals surface area contributed by atoms with E-state index in [0.717, 1.165) is 16.0 Å². The van der Waals surface area contributed by atoms with E-state index in [-0.39, 0.29) is 25.5 Å². The second-order valence-electron chi connectivity index (χ2n) is 4.85. The zero-order valence-electron chi connectivity index (χ0n) is 12.1. The highest BCUT2D eigenvalue weighted by atomic mass is 16.5. The predicted molar refractivity (Wildman–Crippen MR) is 77.1 cm³/mol. The Labute approximate surface area is 123 Å². The molecule has 1 heterocycles. The number of esters is 1. The van der Waals surface area contributed by atoms with Crippen molar-refractivity contribution in [1.29, 1.82) is 0 Å². The summed E-state index contributed by atoms with van der Waals surface area (Å²) in [6.07, 6.45) is 1.71. The highest BCUT2D eigenvalue weighted by Gasteiger charge is 2.35. The fourth-order valence-corrected chi connectivity index (χ4v) is 2.09. The van der Waals surface area contributed by atoms with Gasteiger partial charge in [0.25, 0.3) is 5.91 Å². The summed E-state index contributed by atoms with van der Waals surface area (Å²) in [4.78, 5) is 36.3. The molecule has 0 aliphatic carbocycles. The molecular formula is C16H17NO4. The second-order valence-corrected chi connectivity index (χ2v) is 4.85. The molecular weight excluding hydrogens is 270 g/mol. The summed E-state index contributed by atoms with van der Waals surface area (Å²) in [5.74, 6) is -1.36. The van der Waals surface area contributed by atoms with Crippen LogP contribution in [0.3, 0.4) is 0 Å². The largest absolute Gasteiger partial charge is 0.465 e. The maximum atomic E-state index is 12.2. The average molecular weight is 287 g/mol. The summed E-state index contributed by atoms with van der Waals surface area (Å²) in [6.45, 7) is 3.55. The fourth-order valence-electron chi connectivity index (χ4n) is 2.09. The molecule has 1 aromatic carbocycles. The van der Waals surface area contributed by atoms with Gasteiger partial charge in [0, 0.05) is 5.57 Å². The van der Waals surface area contributed by atoms with E-state index >= 15 is 0 Å². The van der Waals surface area contributed by atoms with Crippen LogP contribution >= 0.6 is 0 Å². The van der Waals surface area contributed by atoms with Gasteiger partial charge in [0.2, 0.25) is 5.91 Å². The molecule has 1 aliphatic heterocycles. The zero-order chi connectivity index (χ0) is 15.4. The van der Waals surface area contributed by atoms with Crippen molar-refractivity contribution in [2.45, 2.75) is 20.3 Å². The number of amides is 2. The van der Waals surface area contributed by atoms with Gasteiger partial charge < -0.3 is 4.74 Å². The lowest BCUT2D eigenvalue weighted by Gasteiger charge is -2.11. The molecule has 21 heavy (non-hydrogen) atoms. The third-order valence-corrected chi connectivity index (χ3v) is 3.17. The lowest BCUT2D eigenvalue weighted by molar-refractivity contribution is -0.151. The van der Waals surface area contributed by atoms with Gasteiger partial charge in [0.05, 0.1) is 13.0 Å². The van der Waals surface area contributed by atoms with Crippen molar-refractivity contribution in [3.8, 4) is 0 Å². The van der Waals surface area contributed by atoms with E-state index in [0.29, 0.717) is 5.57 Å². The molecule has 0 atom stereocenters. The Bertz CT molecular complexity index is 601. The van der Waals surface area contributed by atoms with Crippen LogP contribution in [0.25, 0.3) is 6.08 Å². The number of imide groups is 1. The van der Waals surface area contributed by atoms with Crippen LogP contribution in [0.5, 0.6) is 0 Å². The summed E-state index contributed by atoms with van der Waals surface area (Å²) in [5.41, 5.74) is 2.37. The van der Waals surface area contributed by atoms with Crippen molar-refractivity contribution >= 4 is 23.9 Å². The quantitative estimate of drug-likeness (QED) is 0.480. The Morgan fingerprint density at radius 2 is 1.95 bits per heavy atom. The first-order chi connectivity index (χ1) is 10.0. The van der Waals surface area contributed by atoms with E-state index in [1.54, 1.807) is 13.0 Å². The maximum Gasteiger partial charge on any atom is 0.326 e. The number of likely N-dealkylation sites (tertiary alicyclic amines) is 1. The van der Waals surface area contributed by atoms with Crippen LogP contribution in [-0.2, 0) is 19.1 Å². The molecule has 1 aliphatic rings. The molecule has 2 rings (SSSR count). The van der Waals surface area contributed by atoms with E-state index < -0.39 is 11.9 Å². The van der Waals surface area contributed by atoms with Crippen molar-refractivity contribution in [3.05, 3.63) is 41.0 Å². The van der Waals surface area contributed by atoms with Crippen LogP contribution in [0, 0.1) is 6.92 Å². The predicted octanol–water partition coefficient (Wildman–Crippen LogP) is 1.70. The zero-order valence-corrected chi connectivity index (χ0v) is 12.1. The summed E-state index contributed by atoms with van der Waals surface area (Å²) in [5, 5.41) is 0. The Balaban J connectivity index is 2.13. The Morgan fingerprint density at radius 1 is 1.29 bits per heavy atom. The summed E-state index contributed by atoms with van der Waals surface area (Å²) >= 11 is 0. The fraction of sp³-hybridized carbons (Fsp3) is 0.312. The first-order valence-corrected chi connectivity index (χ1v) is 6.79. The Kier molecular flexibility index (Phi) is 4.52. The van der Waals surface area contributed by atoms with Gasteiger partial charge in [-0.3, -0.25) is 19.3 Å². The molecule has 0 saturated carbocycles. The summed E-state index contributed by atoms with van der Waals surface area (Å²) < 4.78 is 4.76. The molecule has 1 aromatic rings. The van der Waals surface area contributed by atoms with Crippen LogP contribution in [0.2, 0.25) is 0 Å². The highest BCUT2D eigenvalue weighted by Crippen LogP contribution is 2.21. The summed E-state index contributed by atoms with van der Waals surface area (Å²) in [7, 11) is 0. The smallest absolute Gasteiger partial charge is 0.326 e. The highest BCUT2D eigenvalue weighted by molar-refractivity contribution is 6.16. The third-order valence-electron chi connectivity index (χ3n) is 3.17. The lowest BCUT2D eigenvalue weighted by atomic mass is 10.1. The molecule has 110 valence electrons. The van der Waals surface area contributed by atoms with Gasteiger partial charge >= 0.3 is 5.97 Å². The van der Waals surface area contributed by atoms with Gasteiger partial charge in [0.15, 0.2) is 0 Å². The average Bonchev–Trinajstić information content (AvgIpc) is 2.69. The van der Waals surface area contributed by atoms with Gasteiger partial charge in [-0.2, -0.15) is 0 Å². The lowest BCUT2D eigenvalue weighted by Crippen LogP contribution is -2.35. The normalized spacial score (nSPS) is 16.7. The van der Waals surface area contributed by atoms with Crippen LogP contribution < -0.4 is 0 Å². The number of carbonyl (C=O) groups is 3. The minimum absolute atomic E-state index is 0.0200. The number of nitrogens with zero attached hydrogens (tertiary/aromatic N) is 1. The molecule has 2 amide bonds. The molecule has 0 spiro atoms. The molecule has 0 bridgehead atoms. The van der Waals surface area contributed by atoms with Crippen LogP contribution in [-0.4, -0.2) is 35.8 Å². The first kappa shape index (κ1) is 15.0. The van der Waals surface area contributed by atoms with Gasteiger partial charge in [-0.1, -0.05) is 29.8 Å². The molecule has 0 unspecified atom stereocenters. The standard InChI is InChI=1S/C16H17NO4/c1-3-21-15(19)10-17-14(18)9-13(16(17)20)8-12-6-4-11(2)5-7-12/h4-8H,3,9-10H2,1-2H3/b13-8+. The molecule has 5 nitrogen and oxygen atoms in total. The van der Waals surface area contributed by atoms with Gasteiger partial charge in [-0.15, -0.1) is 0 Å². The second kappa shape index (κ2) is 6.35. The molecule has 5 heteroatoms. The molecule has 1 saturated heterocycles. The molecule has 0 N–H and O–H groups in total. The monoisotopic (exact) mass is 287 g/mol. The van der Waals surface area contributed by atoms with Crippen molar-refractivity contribution in [3.63, 3.8) is 0 Å². The van der Waals surface area contributed by atoms with Crippen molar-refractivity contribution in [2.24, 2.45) is 0 Å². The summed E-state index contributed by atoms with van der Waals surface area (Å²) in [6, 6.07) is 7.64. The van der Waals surface area contributed by atoms with Gasteiger partial charge in [0.1, 0.15) is 6.54 Å². The number of aryl methyl sites for hydroxylation is 1. The molecule has 1 fully saturated rings.